The topological polar surface area (TPSA) is 59.1 Å². The molecular formula is C16H16N2O2. The quantitative estimate of drug-likeness (QED) is 0.846. The van der Waals surface area contributed by atoms with Crippen molar-refractivity contribution in [3.8, 4) is 0 Å². The van der Waals surface area contributed by atoms with Gasteiger partial charge in [0.05, 0.1) is 5.56 Å². The predicted molar refractivity (Wildman–Crippen MR) is 77.9 cm³/mol. The summed E-state index contributed by atoms with van der Waals surface area (Å²) < 4.78 is 0. The molecule has 0 saturated heterocycles. The SMILES string of the molecule is CCCC(=O)c1ccc(NC(=O)c2cccnc2)cc1. The summed E-state index contributed by atoms with van der Waals surface area (Å²) in [7, 11) is 0. The molecule has 0 saturated carbocycles. The average Bonchev–Trinajstić information content (AvgIpc) is 2.49. The first-order valence-electron chi connectivity index (χ1n) is 6.55. The highest BCUT2D eigenvalue weighted by Gasteiger charge is 2.07. The second kappa shape index (κ2) is 6.61. The summed E-state index contributed by atoms with van der Waals surface area (Å²) in [6, 6.07) is 10.3. The van der Waals surface area contributed by atoms with Gasteiger partial charge in [0, 0.05) is 30.1 Å². The maximum absolute atomic E-state index is 11.9. The highest BCUT2D eigenvalue weighted by atomic mass is 16.1. The van der Waals surface area contributed by atoms with Crippen LogP contribution in [0.3, 0.4) is 0 Å². The first kappa shape index (κ1) is 13.9. The Kier molecular flexibility index (Phi) is 4.60. The van der Waals surface area contributed by atoms with Gasteiger partial charge >= 0.3 is 0 Å². The van der Waals surface area contributed by atoms with E-state index in [-0.39, 0.29) is 11.7 Å². The van der Waals surface area contributed by atoms with Crippen LogP contribution in [0.5, 0.6) is 0 Å². The highest BCUT2D eigenvalue weighted by molar-refractivity contribution is 6.04. The van der Waals surface area contributed by atoms with Crippen LogP contribution < -0.4 is 5.32 Å². The molecule has 0 radical (unpaired) electrons. The van der Waals surface area contributed by atoms with Gasteiger partial charge in [0.2, 0.25) is 0 Å². The molecule has 0 aliphatic carbocycles. The van der Waals surface area contributed by atoms with Crippen LogP contribution in [0.1, 0.15) is 40.5 Å². The smallest absolute Gasteiger partial charge is 0.257 e. The van der Waals surface area contributed by atoms with E-state index in [2.05, 4.69) is 10.3 Å². The number of rotatable bonds is 5. The molecule has 2 aromatic rings. The van der Waals surface area contributed by atoms with E-state index in [4.69, 9.17) is 0 Å². The molecule has 4 nitrogen and oxygen atoms in total. The van der Waals surface area contributed by atoms with Gasteiger partial charge in [-0.3, -0.25) is 14.6 Å². The number of ketones is 1. The molecule has 0 fully saturated rings. The van der Waals surface area contributed by atoms with E-state index < -0.39 is 0 Å². The molecular weight excluding hydrogens is 252 g/mol. The van der Waals surface area contributed by atoms with Crippen LogP contribution in [0.25, 0.3) is 0 Å². The summed E-state index contributed by atoms with van der Waals surface area (Å²) in [4.78, 5) is 27.5. The fourth-order valence-electron chi connectivity index (χ4n) is 1.81. The number of amides is 1. The van der Waals surface area contributed by atoms with Gasteiger partial charge in [-0.25, -0.2) is 0 Å². The van der Waals surface area contributed by atoms with Crippen LogP contribution in [-0.2, 0) is 0 Å². The van der Waals surface area contributed by atoms with Crippen molar-refractivity contribution in [3.63, 3.8) is 0 Å². The van der Waals surface area contributed by atoms with Crippen LogP contribution in [0.2, 0.25) is 0 Å². The average molecular weight is 268 g/mol. The van der Waals surface area contributed by atoms with Crippen molar-refractivity contribution >= 4 is 17.4 Å². The zero-order valence-corrected chi connectivity index (χ0v) is 11.3. The van der Waals surface area contributed by atoms with Gasteiger partial charge in [-0.15, -0.1) is 0 Å². The van der Waals surface area contributed by atoms with Gasteiger partial charge in [-0.2, -0.15) is 0 Å². The third kappa shape index (κ3) is 3.51. The number of hydrogen-bond acceptors (Lipinski definition) is 3. The van der Waals surface area contributed by atoms with Crippen LogP contribution in [0.15, 0.2) is 48.8 Å². The fraction of sp³-hybridized carbons (Fsp3) is 0.188. The van der Waals surface area contributed by atoms with Gasteiger partial charge in [0.15, 0.2) is 5.78 Å². The Bertz CT molecular complexity index is 592. The minimum Gasteiger partial charge on any atom is -0.322 e. The molecule has 102 valence electrons. The minimum atomic E-state index is -0.217. The third-order valence-corrected chi connectivity index (χ3v) is 2.87. The van der Waals surface area contributed by atoms with Crippen LogP contribution in [-0.4, -0.2) is 16.7 Å². The van der Waals surface area contributed by atoms with Crippen molar-refractivity contribution in [1.29, 1.82) is 0 Å². The molecule has 0 aliphatic heterocycles. The Balaban J connectivity index is 2.04. The monoisotopic (exact) mass is 268 g/mol. The van der Waals surface area contributed by atoms with Crippen molar-refractivity contribution in [2.45, 2.75) is 19.8 Å². The molecule has 20 heavy (non-hydrogen) atoms. The molecule has 1 heterocycles. The van der Waals surface area contributed by atoms with Gasteiger partial charge in [0.1, 0.15) is 0 Å². The number of carbonyl (C=O) groups excluding carboxylic acids is 2. The van der Waals surface area contributed by atoms with Gasteiger partial charge < -0.3 is 5.32 Å². The molecule has 0 spiro atoms. The van der Waals surface area contributed by atoms with E-state index in [1.54, 1.807) is 42.6 Å². The lowest BCUT2D eigenvalue weighted by molar-refractivity contribution is 0.0980. The first-order valence-corrected chi connectivity index (χ1v) is 6.55. The van der Waals surface area contributed by atoms with Gasteiger partial charge in [-0.1, -0.05) is 6.92 Å². The molecule has 0 unspecified atom stereocenters. The summed E-state index contributed by atoms with van der Waals surface area (Å²) in [5.41, 5.74) is 1.83. The van der Waals surface area contributed by atoms with Crippen molar-refractivity contribution in [3.05, 3.63) is 59.9 Å². The maximum Gasteiger partial charge on any atom is 0.257 e. The summed E-state index contributed by atoms with van der Waals surface area (Å²) in [5.74, 6) is -0.0941. The molecule has 0 aliphatic rings. The zero-order valence-electron chi connectivity index (χ0n) is 11.3. The number of carbonyl (C=O) groups is 2. The zero-order chi connectivity index (χ0) is 14.4. The second-order valence-electron chi connectivity index (χ2n) is 4.45. The molecule has 2 rings (SSSR count). The Hall–Kier alpha value is -2.49. The number of nitrogens with zero attached hydrogens (tertiary/aromatic N) is 1. The fourth-order valence-corrected chi connectivity index (χ4v) is 1.81. The Morgan fingerprint density at radius 3 is 2.45 bits per heavy atom. The van der Waals surface area contributed by atoms with E-state index in [9.17, 15) is 9.59 Å². The lowest BCUT2D eigenvalue weighted by Gasteiger charge is -2.06. The number of aromatic nitrogens is 1. The number of Topliss-reactive ketones (excluding diaryl/α,β-unsaturated/α-hetero) is 1. The molecule has 0 atom stereocenters. The van der Waals surface area contributed by atoms with E-state index in [1.807, 2.05) is 6.92 Å². The van der Waals surface area contributed by atoms with E-state index >= 15 is 0 Å². The van der Waals surface area contributed by atoms with Gasteiger partial charge in [0.25, 0.3) is 5.91 Å². The summed E-state index contributed by atoms with van der Waals surface area (Å²) in [5, 5.41) is 2.77. The number of benzene rings is 1. The van der Waals surface area contributed by atoms with E-state index in [0.717, 1.165) is 6.42 Å². The van der Waals surface area contributed by atoms with Gasteiger partial charge in [-0.05, 0) is 42.8 Å². The lowest BCUT2D eigenvalue weighted by Crippen LogP contribution is -2.12. The first-order chi connectivity index (χ1) is 9.70. The van der Waals surface area contributed by atoms with E-state index in [0.29, 0.717) is 23.2 Å². The standard InChI is InChI=1S/C16H16N2O2/c1-2-4-15(19)12-6-8-14(9-7-12)18-16(20)13-5-3-10-17-11-13/h3,5-11H,2,4H2,1H3,(H,18,20). The summed E-state index contributed by atoms with van der Waals surface area (Å²) in [6.45, 7) is 1.97. The number of pyridine rings is 1. The van der Waals surface area contributed by atoms with Crippen LogP contribution >= 0.6 is 0 Å². The highest BCUT2D eigenvalue weighted by Crippen LogP contribution is 2.13. The molecule has 0 bridgehead atoms. The summed E-state index contributed by atoms with van der Waals surface area (Å²) >= 11 is 0. The van der Waals surface area contributed by atoms with Crippen molar-refractivity contribution < 1.29 is 9.59 Å². The summed E-state index contributed by atoms with van der Waals surface area (Å²) in [6.07, 6.45) is 4.50. The molecule has 1 amide bonds. The van der Waals surface area contributed by atoms with Crippen molar-refractivity contribution in [2.24, 2.45) is 0 Å². The number of anilines is 1. The van der Waals surface area contributed by atoms with Crippen LogP contribution in [0, 0.1) is 0 Å². The molecule has 1 aromatic carbocycles. The lowest BCUT2D eigenvalue weighted by atomic mass is 10.1. The largest absolute Gasteiger partial charge is 0.322 e. The Morgan fingerprint density at radius 1 is 1.10 bits per heavy atom. The van der Waals surface area contributed by atoms with E-state index in [1.165, 1.54) is 6.20 Å². The Labute approximate surface area is 117 Å². The predicted octanol–water partition coefficient (Wildman–Crippen LogP) is 3.32. The number of hydrogen-bond donors (Lipinski definition) is 1. The molecule has 4 heteroatoms. The third-order valence-electron chi connectivity index (χ3n) is 2.87. The maximum atomic E-state index is 11.9. The normalized spacial score (nSPS) is 10.1. The second-order valence-corrected chi connectivity index (χ2v) is 4.45. The minimum absolute atomic E-state index is 0.123. The van der Waals surface area contributed by atoms with Crippen molar-refractivity contribution in [1.82, 2.24) is 4.98 Å². The van der Waals surface area contributed by atoms with Crippen molar-refractivity contribution in [2.75, 3.05) is 5.32 Å². The van der Waals surface area contributed by atoms with Crippen LogP contribution in [0.4, 0.5) is 5.69 Å². The number of nitrogens with one attached hydrogen (secondary N) is 1. The molecule has 1 N–H and O–H groups in total. The molecule has 1 aromatic heterocycles. The Morgan fingerprint density at radius 2 is 1.85 bits per heavy atom.